The Balaban J connectivity index is 0. The van der Waals surface area contributed by atoms with E-state index in [4.69, 9.17) is 0 Å². The minimum atomic E-state index is -3.96. The zero-order valence-corrected chi connectivity index (χ0v) is 12.2. The fourth-order valence-corrected chi connectivity index (χ4v) is 2.11. The van der Waals surface area contributed by atoms with Gasteiger partial charge in [0.15, 0.2) is 0 Å². The van der Waals surface area contributed by atoms with E-state index < -0.39 is 12.1 Å². The summed E-state index contributed by atoms with van der Waals surface area (Å²) in [4.78, 5) is 0. The topological polar surface area (TPSA) is 0 Å². The van der Waals surface area contributed by atoms with Crippen LogP contribution in [0.1, 0.15) is 67.2 Å². The highest BCUT2D eigenvalue weighted by Gasteiger charge is 2.41. The molecule has 0 aliphatic heterocycles. The van der Waals surface area contributed by atoms with Crippen LogP contribution in [0.25, 0.3) is 0 Å². The largest absolute Gasteiger partial charge is 0.391 e. The van der Waals surface area contributed by atoms with Crippen molar-refractivity contribution in [3.05, 3.63) is 0 Å². The van der Waals surface area contributed by atoms with Crippen molar-refractivity contribution in [3.63, 3.8) is 0 Å². The fourth-order valence-electron chi connectivity index (χ4n) is 2.11. The molecule has 1 saturated carbocycles. The molecule has 0 aromatic rings. The molecule has 0 radical (unpaired) electrons. The summed E-state index contributed by atoms with van der Waals surface area (Å²) in [5, 5.41) is 0. The SMILES string of the molecule is CC.CC.CC(C)C1CCC(C(F)(F)F)CC1. The predicted octanol–water partition coefficient (Wildman–Crippen LogP) is 6.06. The summed E-state index contributed by atoms with van der Waals surface area (Å²) in [6.45, 7) is 12.2. The molecule has 0 nitrogen and oxygen atoms in total. The van der Waals surface area contributed by atoms with E-state index >= 15 is 0 Å². The first-order valence-corrected chi connectivity index (χ1v) is 6.98. The lowest BCUT2D eigenvalue weighted by Gasteiger charge is -2.31. The number of alkyl halides is 3. The van der Waals surface area contributed by atoms with Crippen molar-refractivity contribution in [2.75, 3.05) is 0 Å². The van der Waals surface area contributed by atoms with Crippen LogP contribution in [0.5, 0.6) is 0 Å². The first-order chi connectivity index (χ1) is 7.91. The summed E-state index contributed by atoms with van der Waals surface area (Å²) >= 11 is 0. The molecule has 1 rings (SSSR count). The molecule has 0 aromatic heterocycles. The molecule has 1 aliphatic rings. The van der Waals surface area contributed by atoms with Gasteiger partial charge in [-0.15, -0.1) is 0 Å². The highest BCUT2D eigenvalue weighted by Crippen LogP contribution is 2.41. The Kier molecular flexibility index (Phi) is 11.0. The van der Waals surface area contributed by atoms with Gasteiger partial charge in [0, 0.05) is 0 Å². The van der Waals surface area contributed by atoms with Gasteiger partial charge >= 0.3 is 6.18 Å². The molecule has 0 N–H and O–H groups in total. The molecule has 0 heterocycles. The molecule has 0 bridgehead atoms. The van der Waals surface area contributed by atoms with Crippen LogP contribution in [0.15, 0.2) is 0 Å². The van der Waals surface area contributed by atoms with Crippen LogP contribution < -0.4 is 0 Å². The average molecular weight is 254 g/mol. The van der Waals surface area contributed by atoms with E-state index in [0.717, 1.165) is 12.8 Å². The van der Waals surface area contributed by atoms with Crippen LogP contribution in [0.4, 0.5) is 13.2 Å². The average Bonchev–Trinajstić information content (AvgIpc) is 2.33. The van der Waals surface area contributed by atoms with Crippen molar-refractivity contribution in [3.8, 4) is 0 Å². The van der Waals surface area contributed by atoms with Gasteiger partial charge in [-0.3, -0.25) is 0 Å². The molecule has 0 aromatic carbocycles. The Morgan fingerprint density at radius 1 is 0.824 bits per heavy atom. The summed E-state index contributed by atoms with van der Waals surface area (Å²) in [5.74, 6) is 0.0234. The van der Waals surface area contributed by atoms with E-state index in [0.29, 0.717) is 24.7 Å². The van der Waals surface area contributed by atoms with Crippen LogP contribution >= 0.6 is 0 Å². The van der Waals surface area contributed by atoms with Crippen molar-refractivity contribution in [1.29, 1.82) is 0 Å². The summed E-state index contributed by atoms with van der Waals surface area (Å²) in [7, 11) is 0. The third kappa shape index (κ3) is 7.67. The fraction of sp³-hybridized carbons (Fsp3) is 1.00. The summed E-state index contributed by atoms with van der Waals surface area (Å²) < 4.78 is 36.8. The molecule has 0 spiro atoms. The Bertz CT molecular complexity index is 153. The molecule has 3 heteroatoms. The lowest BCUT2D eigenvalue weighted by Crippen LogP contribution is -2.29. The minimum absolute atomic E-state index is 0.340. The Morgan fingerprint density at radius 3 is 1.41 bits per heavy atom. The third-order valence-corrected chi connectivity index (χ3v) is 3.18. The van der Waals surface area contributed by atoms with Gasteiger partial charge in [0.25, 0.3) is 0 Å². The number of hydrogen-bond acceptors (Lipinski definition) is 0. The monoisotopic (exact) mass is 254 g/mol. The maximum absolute atomic E-state index is 12.3. The van der Waals surface area contributed by atoms with Gasteiger partial charge in [0.05, 0.1) is 5.92 Å². The van der Waals surface area contributed by atoms with Crippen LogP contribution in [0.3, 0.4) is 0 Å². The number of hydrogen-bond donors (Lipinski definition) is 0. The molecular weight excluding hydrogens is 225 g/mol. The summed E-state index contributed by atoms with van der Waals surface area (Å²) in [5.41, 5.74) is 0. The van der Waals surface area contributed by atoms with Gasteiger partial charge in [-0.25, -0.2) is 0 Å². The Morgan fingerprint density at radius 2 is 1.18 bits per heavy atom. The van der Waals surface area contributed by atoms with Gasteiger partial charge < -0.3 is 0 Å². The molecule has 0 unspecified atom stereocenters. The van der Waals surface area contributed by atoms with Gasteiger partial charge in [-0.05, 0) is 37.5 Å². The molecule has 1 fully saturated rings. The zero-order valence-electron chi connectivity index (χ0n) is 12.2. The van der Waals surface area contributed by atoms with E-state index in [1.165, 1.54) is 0 Å². The first-order valence-electron chi connectivity index (χ1n) is 6.98. The zero-order chi connectivity index (χ0) is 14.1. The smallest absolute Gasteiger partial charge is 0.171 e. The second kappa shape index (κ2) is 9.78. The molecular formula is C14H29F3. The molecule has 1 aliphatic carbocycles. The van der Waals surface area contributed by atoms with Crippen molar-refractivity contribution in [2.45, 2.75) is 73.4 Å². The molecule has 106 valence electrons. The van der Waals surface area contributed by atoms with Gasteiger partial charge in [0.2, 0.25) is 0 Å². The van der Waals surface area contributed by atoms with Crippen molar-refractivity contribution >= 4 is 0 Å². The van der Waals surface area contributed by atoms with E-state index in [1.807, 2.05) is 27.7 Å². The van der Waals surface area contributed by atoms with Crippen LogP contribution in [0, 0.1) is 17.8 Å². The quantitative estimate of drug-likeness (QED) is 0.533. The highest BCUT2D eigenvalue weighted by atomic mass is 19.4. The van der Waals surface area contributed by atoms with E-state index in [2.05, 4.69) is 13.8 Å². The molecule has 0 amide bonds. The van der Waals surface area contributed by atoms with Crippen LogP contribution in [-0.4, -0.2) is 6.18 Å². The maximum atomic E-state index is 12.3. The van der Waals surface area contributed by atoms with Crippen molar-refractivity contribution in [2.24, 2.45) is 17.8 Å². The first kappa shape index (κ1) is 19.1. The van der Waals surface area contributed by atoms with Crippen molar-refractivity contribution < 1.29 is 13.2 Å². The molecule has 0 saturated heterocycles. The van der Waals surface area contributed by atoms with Crippen LogP contribution in [-0.2, 0) is 0 Å². The molecule has 0 atom stereocenters. The van der Waals surface area contributed by atoms with Gasteiger partial charge in [-0.2, -0.15) is 13.2 Å². The highest BCUT2D eigenvalue weighted by molar-refractivity contribution is 4.78. The Labute approximate surface area is 105 Å². The standard InChI is InChI=1S/C10H17F3.2C2H6/c1-7(2)8-3-5-9(6-4-8)10(11,12)13;2*1-2/h7-9H,3-6H2,1-2H3;2*1-2H3. The number of halogens is 3. The van der Waals surface area contributed by atoms with Crippen molar-refractivity contribution in [1.82, 2.24) is 0 Å². The Hall–Kier alpha value is -0.210. The lowest BCUT2D eigenvalue weighted by atomic mass is 9.77. The maximum Gasteiger partial charge on any atom is 0.391 e. The van der Waals surface area contributed by atoms with Gasteiger partial charge in [0.1, 0.15) is 0 Å². The summed E-state index contributed by atoms with van der Waals surface area (Å²) in [6.07, 6.45) is -1.77. The predicted molar refractivity (Wildman–Crippen MR) is 69.0 cm³/mol. The second-order valence-corrected chi connectivity index (χ2v) is 4.40. The van der Waals surface area contributed by atoms with E-state index in [9.17, 15) is 13.2 Å². The minimum Gasteiger partial charge on any atom is -0.171 e. The van der Waals surface area contributed by atoms with Crippen LogP contribution in [0.2, 0.25) is 0 Å². The van der Waals surface area contributed by atoms with Gasteiger partial charge in [-0.1, -0.05) is 41.5 Å². The third-order valence-electron chi connectivity index (χ3n) is 3.18. The lowest BCUT2D eigenvalue weighted by molar-refractivity contribution is -0.184. The van der Waals surface area contributed by atoms with E-state index in [1.54, 1.807) is 0 Å². The number of rotatable bonds is 1. The normalized spacial score (nSPS) is 24.4. The van der Waals surface area contributed by atoms with E-state index in [-0.39, 0.29) is 0 Å². The second-order valence-electron chi connectivity index (χ2n) is 4.40. The molecule has 17 heavy (non-hydrogen) atoms. The summed E-state index contributed by atoms with van der Waals surface area (Å²) in [6, 6.07) is 0.